The molecule has 2 aromatic rings. The van der Waals surface area contributed by atoms with E-state index < -0.39 is 0 Å². The number of aromatic nitrogens is 2. The van der Waals surface area contributed by atoms with Crippen LogP contribution in [0.1, 0.15) is 18.7 Å². The number of hydrogen-bond donors (Lipinski definition) is 0. The molecule has 0 N–H and O–H groups in total. The van der Waals surface area contributed by atoms with Gasteiger partial charge in [-0.2, -0.15) is 4.99 Å². The number of nitrogens with zero attached hydrogens (tertiary/aromatic N) is 3. The predicted molar refractivity (Wildman–Crippen MR) is 56.1 cm³/mol. The van der Waals surface area contributed by atoms with Crippen LogP contribution in [0.5, 0.6) is 0 Å². The Labute approximate surface area is 86.7 Å². The van der Waals surface area contributed by atoms with Crippen LogP contribution in [-0.2, 0) is 4.79 Å². The Bertz CT molecular complexity index is 532. The molecule has 0 radical (unpaired) electrons. The minimum Gasteiger partial charge on any atom is -0.253 e. The van der Waals surface area contributed by atoms with E-state index >= 15 is 0 Å². The van der Waals surface area contributed by atoms with Gasteiger partial charge < -0.3 is 0 Å². The molecule has 15 heavy (non-hydrogen) atoms. The van der Waals surface area contributed by atoms with Gasteiger partial charge in [0.05, 0.1) is 22.9 Å². The highest BCUT2D eigenvalue weighted by molar-refractivity contribution is 5.73. The van der Waals surface area contributed by atoms with Gasteiger partial charge in [-0.15, -0.1) is 0 Å². The van der Waals surface area contributed by atoms with Crippen LogP contribution in [0, 0.1) is 0 Å². The molecular formula is C11H9N3O. The molecule has 0 aliphatic rings. The SMILES string of the molecule is CC(N=C=O)c1cnc2ccccc2n1. The summed E-state index contributed by atoms with van der Waals surface area (Å²) in [7, 11) is 0. The molecule has 1 unspecified atom stereocenters. The fourth-order valence-corrected chi connectivity index (χ4v) is 1.32. The first-order valence-corrected chi connectivity index (χ1v) is 4.60. The molecule has 4 heteroatoms. The van der Waals surface area contributed by atoms with Gasteiger partial charge in [-0.3, -0.25) is 4.98 Å². The van der Waals surface area contributed by atoms with Crippen LogP contribution in [-0.4, -0.2) is 16.0 Å². The fourth-order valence-electron chi connectivity index (χ4n) is 1.32. The maximum absolute atomic E-state index is 10.1. The molecule has 2 rings (SSSR count). The fraction of sp³-hybridized carbons (Fsp3) is 0.182. The summed E-state index contributed by atoms with van der Waals surface area (Å²) in [5, 5.41) is 0. The zero-order valence-corrected chi connectivity index (χ0v) is 8.21. The van der Waals surface area contributed by atoms with Gasteiger partial charge in [-0.25, -0.2) is 9.78 Å². The monoisotopic (exact) mass is 199 g/mol. The van der Waals surface area contributed by atoms with Crippen LogP contribution in [0.25, 0.3) is 11.0 Å². The topological polar surface area (TPSA) is 55.2 Å². The zero-order valence-electron chi connectivity index (χ0n) is 8.21. The maximum Gasteiger partial charge on any atom is 0.235 e. The second-order valence-corrected chi connectivity index (χ2v) is 3.18. The Balaban J connectivity index is 2.51. The molecule has 0 fully saturated rings. The van der Waals surface area contributed by atoms with Crippen molar-refractivity contribution in [1.82, 2.24) is 9.97 Å². The van der Waals surface area contributed by atoms with Crippen LogP contribution in [0.4, 0.5) is 0 Å². The van der Waals surface area contributed by atoms with Gasteiger partial charge in [0.2, 0.25) is 6.08 Å². The van der Waals surface area contributed by atoms with Crippen molar-refractivity contribution in [3.8, 4) is 0 Å². The highest BCUT2D eigenvalue weighted by Crippen LogP contribution is 2.15. The molecule has 1 heterocycles. The van der Waals surface area contributed by atoms with Crippen LogP contribution >= 0.6 is 0 Å². The standard InChI is InChI=1S/C11H9N3O/c1-8(13-7-15)11-6-12-9-4-2-3-5-10(9)14-11/h2-6,8H,1H3. The average Bonchev–Trinajstić information content (AvgIpc) is 2.29. The summed E-state index contributed by atoms with van der Waals surface area (Å²) in [6, 6.07) is 7.28. The molecular weight excluding hydrogens is 190 g/mol. The van der Waals surface area contributed by atoms with Crippen molar-refractivity contribution in [2.45, 2.75) is 13.0 Å². The number of para-hydroxylation sites is 2. The molecule has 0 saturated carbocycles. The van der Waals surface area contributed by atoms with Gasteiger partial charge in [-0.05, 0) is 19.1 Å². The molecule has 0 bridgehead atoms. The van der Waals surface area contributed by atoms with Crippen molar-refractivity contribution in [3.63, 3.8) is 0 Å². The lowest BCUT2D eigenvalue weighted by atomic mass is 10.2. The molecule has 74 valence electrons. The molecule has 1 aromatic heterocycles. The summed E-state index contributed by atoms with van der Waals surface area (Å²) >= 11 is 0. The molecule has 0 spiro atoms. The third-order valence-electron chi connectivity index (χ3n) is 2.14. The van der Waals surface area contributed by atoms with E-state index in [-0.39, 0.29) is 6.04 Å². The lowest BCUT2D eigenvalue weighted by Gasteiger charge is -2.03. The minimum absolute atomic E-state index is 0.292. The largest absolute Gasteiger partial charge is 0.253 e. The van der Waals surface area contributed by atoms with E-state index in [0.717, 1.165) is 11.0 Å². The number of hydrogen-bond acceptors (Lipinski definition) is 4. The number of carbonyl (C=O) groups excluding carboxylic acids is 1. The van der Waals surface area contributed by atoms with Crippen molar-refractivity contribution in [1.29, 1.82) is 0 Å². The van der Waals surface area contributed by atoms with Gasteiger partial charge in [0.15, 0.2) is 0 Å². The van der Waals surface area contributed by atoms with E-state index in [2.05, 4.69) is 15.0 Å². The van der Waals surface area contributed by atoms with E-state index in [1.54, 1.807) is 13.1 Å². The van der Waals surface area contributed by atoms with Gasteiger partial charge in [0.25, 0.3) is 0 Å². The van der Waals surface area contributed by atoms with Crippen LogP contribution < -0.4 is 0 Å². The second-order valence-electron chi connectivity index (χ2n) is 3.18. The van der Waals surface area contributed by atoms with Crippen molar-refractivity contribution in [3.05, 3.63) is 36.2 Å². The number of fused-ring (bicyclic) bond motifs is 1. The lowest BCUT2D eigenvalue weighted by molar-refractivity contribution is 0.559. The minimum atomic E-state index is -0.292. The second kappa shape index (κ2) is 3.98. The first-order chi connectivity index (χ1) is 7.31. The van der Waals surface area contributed by atoms with Crippen molar-refractivity contribution in [2.75, 3.05) is 0 Å². The summed E-state index contributed by atoms with van der Waals surface area (Å²) in [6.45, 7) is 1.78. The number of rotatable bonds is 2. The Hall–Kier alpha value is -2.06. The van der Waals surface area contributed by atoms with E-state index in [9.17, 15) is 4.79 Å². The van der Waals surface area contributed by atoms with Crippen LogP contribution in [0.15, 0.2) is 35.5 Å². The summed E-state index contributed by atoms with van der Waals surface area (Å²) in [5.41, 5.74) is 2.32. The molecule has 0 amide bonds. The third kappa shape index (κ3) is 1.90. The van der Waals surface area contributed by atoms with Crippen molar-refractivity contribution in [2.24, 2.45) is 4.99 Å². The predicted octanol–water partition coefficient (Wildman–Crippen LogP) is 2.03. The quantitative estimate of drug-likeness (QED) is 0.549. The maximum atomic E-state index is 10.1. The third-order valence-corrected chi connectivity index (χ3v) is 2.14. The number of isocyanates is 1. The smallest absolute Gasteiger partial charge is 0.235 e. The Morgan fingerprint density at radius 2 is 2.07 bits per heavy atom. The lowest BCUT2D eigenvalue weighted by Crippen LogP contribution is -1.95. The molecule has 0 aliphatic heterocycles. The van der Waals surface area contributed by atoms with Gasteiger partial charge in [0.1, 0.15) is 6.04 Å². The highest BCUT2D eigenvalue weighted by Gasteiger charge is 2.06. The van der Waals surface area contributed by atoms with E-state index in [0.29, 0.717) is 5.69 Å². The van der Waals surface area contributed by atoms with E-state index in [1.807, 2.05) is 24.3 Å². The number of aliphatic imine (C=N–C) groups is 1. The first-order valence-electron chi connectivity index (χ1n) is 4.60. The number of benzene rings is 1. The summed E-state index contributed by atoms with van der Waals surface area (Å²) in [5.74, 6) is 0. The van der Waals surface area contributed by atoms with Crippen molar-refractivity contribution < 1.29 is 4.79 Å². The summed E-state index contributed by atoms with van der Waals surface area (Å²) in [4.78, 5) is 22.3. The Kier molecular flexibility index (Phi) is 2.52. The molecule has 1 aromatic carbocycles. The summed E-state index contributed by atoms with van der Waals surface area (Å²) < 4.78 is 0. The van der Waals surface area contributed by atoms with Crippen molar-refractivity contribution >= 4 is 17.1 Å². The van der Waals surface area contributed by atoms with Crippen LogP contribution in [0.3, 0.4) is 0 Å². The van der Waals surface area contributed by atoms with Crippen LogP contribution in [0.2, 0.25) is 0 Å². The normalized spacial score (nSPS) is 12.1. The first kappa shape index (κ1) is 9.49. The Morgan fingerprint density at radius 1 is 1.33 bits per heavy atom. The molecule has 0 aliphatic carbocycles. The molecule has 1 atom stereocenters. The van der Waals surface area contributed by atoms with E-state index in [1.165, 1.54) is 6.08 Å². The van der Waals surface area contributed by atoms with Gasteiger partial charge in [-0.1, -0.05) is 12.1 Å². The zero-order chi connectivity index (χ0) is 10.7. The van der Waals surface area contributed by atoms with Gasteiger partial charge in [0, 0.05) is 0 Å². The molecule has 4 nitrogen and oxygen atoms in total. The average molecular weight is 199 g/mol. The van der Waals surface area contributed by atoms with E-state index in [4.69, 9.17) is 0 Å². The Morgan fingerprint density at radius 3 is 2.80 bits per heavy atom. The summed E-state index contributed by atoms with van der Waals surface area (Å²) in [6.07, 6.45) is 3.15. The highest BCUT2D eigenvalue weighted by atomic mass is 16.1. The van der Waals surface area contributed by atoms with Gasteiger partial charge >= 0.3 is 0 Å². The molecule has 0 saturated heterocycles.